The van der Waals surface area contributed by atoms with Gasteiger partial charge in [0.2, 0.25) is 11.8 Å². The van der Waals surface area contributed by atoms with Crippen molar-refractivity contribution in [2.24, 2.45) is 0 Å². The molecule has 0 bridgehead atoms. The van der Waals surface area contributed by atoms with Crippen molar-refractivity contribution in [2.75, 3.05) is 6.54 Å². The molecular weight excluding hydrogens is 430 g/mol. The maximum absolute atomic E-state index is 13.2. The van der Waals surface area contributed by atoms with Gasteiger partial charge in [-0.3, -0.25) is 24.1 Å². The summed E-state index contributed by atoms with van der Waals surface area (Å²) < 4.78 is 0. The number of hydrogen-bond donors (Lipinski definition) is 1. The number of benzene rings is 2. The quantitative estimate of drug-likeness (QED) is 0.579. The van der Waals surface area contributed by atoms with Crippen molar-refractivity contribution >= 4 is 23.6 Å². The summed E-state index contributed by atoms with van der Waals surface area (Å²) in [6, 6.07) is 15.9. The fraction of sp³-hybridized carbons (Fsp3) is 0.407. The molecule has 178 valence electrons. The monoisotopic (exact) mass is 461 g/mol. The van der Waals surface area contributed by atoms with Crippen LogP contribution in [0.25, 0.3) is 0 Å². The molecule has 1 atom stereocenters. The van der Waals surface area contributed by atoms with Crippen molar-refractivity contribution in [2.45, 2.75) is 64.1 Å². The van der Waals surface area contributed by atoms with Crippen molar-refractivity contribution in [3.8, 4) is 0 Å². The summed E-state index contributed by atoms with van der Waals surface area (Å²) >= 11 is 0. The Morgan fingerprint density at radius 1 is 0.971 bits per heavy atom. The van der Waals surface area contributed by atoms with E-state index in [0.717, 1.165) is 31.2 Å². The predicted molar refractivity (Wildman–Crippen MR) is 128 cm³/mol. The van der Waals surface area contributed by atoms with Gasteiger partial charge in [0.15, 0.2) is 0 Å². The Balaban J connectivity index is 1.39. The topological polar surface area (TPSA) is 86.8 Å². The SMILES string of the molecule is C[C@@H](C(=O)NC1CCCC1)N(Cc1ccccc1)C(=O)CCCN1C(=O)c2ccccc2C1=O. The van der Waals surface area contributed by atoms with Crippen LogP contribution in [0.1, 0.15) is 71.7 Å². The van der Waals surface area contributed by atoms with Crippen LogP contribution in [0.15, 0.2) is 54.6 Å². The molecular formula is C27H31N3O4. The first-order valence-corrected chi connectivity index (χ1v) is 12.0. The molecule has 1 saturated carbocycles. The highest BCUT2D eigenvalue weighted by molar-refractivity contribution is 6.21. The van der Waals surface area contributed by atoms with E-state index in [1.807, 2.05) is 30.3 Å². The molecule has 1 aliphatic carbocycles. The van der Waals surface area contributed by atoms with Gasteiger partial charge < -0.3 is 10.2 Å². The minimum absolute atomic E-state index is 0.140. The molecule has 7 nitrogen and oxygen atoms in total. The van der Waals surface area contributed by atoms with Crippen LogP contribution < -0.4 is 5.32 Å². The van der Waals surface area contributed by atoms with Crippen LogP contribution in [0.4, 0.5) is 0 Å². The first kappa shape index (κ1) is 23.7. The van der Waals surface area contributed by atoms with E-state index in [-0.39, 0.29) is 42.6 Å². The van der Waals surface area contributed by atoms with Gasteiger partial charge in [-0.05, 0) is 43.9 Å². The molecule has 2 aromatic rings. The molecule has 1 N–H and O–H groups in total. The van der Waals surface area contributed by atoms with Gasteiger partial charge in [-0.15, -0.1) is 0 Å². The maximum atomic E-state index is 13.2. The molecule has 0 saturated heterocycles. The highest BCUT2D eigenvalue weighted by Crippen LogP contribution is 2.23. The van der Waals surface area contributed by atoms with Gasteiger partial charge in [0.05, 0.1) is 11.1 Å². The third kappa shape index (κ3) is 5.19. The van der Waals surface area contributed by atoms with Crippen molar-refractivity contribution in [1.82, 2.24) is 15.1 Å². The van der Waals surface area contributed by atoms with E-state index in [4.69, 9.17) is 0 Å². The standard InChI is InChI=1S/C27H31N3O4/c1-19(25(32)28-21-12-5-6-13-21)30(18-20-10-3-2-4-11-20)24(31)16-9-17-29-26(33)22-14-7-8-15-23(22)27(29)34/h2-4,7-8,10-11,14-15,19,21H,5-6,9,12-13,16-18H2,1H3,(H,28,32)/t19-/m0/s1. The smallest absolute Gasteiger partial charge is 0.261 e. The van der Waals surface area contributed by atoms with Gasteiger partial charge in [0, 0.05) is 25.6 Å². The molecule has 34 heavy (non-hydrogen) atoms. The van der Waals surface area contributed by atoms with Gasteiger partial charge in [-0.1, -0.05) is 55.3 Å². The molecule has 4 amide bonds. The lowest BCUT2D eigenvalue weighted by Crippen LogP contribution is -2.49. The van der Waals surface area contributed by atoms with E-state index < -0.39 is 6.04 Å². The van der Waals surface area contributed by atoms with E-state index in [1.165, 1.54) is 4.90 Å². The van der Waals surface area contributed by atoms with Gasteiger partial charge in [-0.25, -0.2) is 0 Å². The number of nitrogens with zero attached hydrogens (tertiary/aromatic N) is 2. The minimum Gasteiger partial charge on any atom is -0.352 e. The number of carbonyl (C=O) groups is 4. The Bertz CT molecular complexity index is 1030. The molecule has 7 heteroatoms. The Labute approximate surface area is 200 Å². The van der Waals surface area contributed by atoms with Crippen molar-refractivity contribution < 1.29 is 19.2 Å². The Morgan fingerprint density at radius 3 is 2.18 bits per heavy atom. The number of rotatable bonds is 9. The molecule has 0 radical (unpaired) electrons. The normalized spacial score (nSPS) is 16.4. The zero-order valence-corrected chi connectivity index (χ0v) is 19.5. The van der Waals surface area contributed by atoms with Crippen LogP contribution in [0.3, 0.4) is 0 Å². The van der Waals surface area contributed by atoms with Gasteiger partial charge >= 0.3 is 0 Å². The molecule has 0 spiro atoms. The van der Waals surface area contributed by atoms with E-state index in [0.29, 0.717) is 24.1 Å². The van der Waals surface area contributed by atoms with E-state index in [1.54, 1.807) is 36.1 Å². The molecule has 4 rings (SSSR count). The second-order valence-corrected chi connectivity index (χ2v) is 9.08. The number of carbonyl (C=O) groups excluding carboxylic acids is 4. The Morgan fingerprint density at radius 2 is 1.56 bits per heavy atom. The van der Waals surface area contributed by atoms with Gasteiger partial charge in [0.25, 0.3) is 11.8 Å². The Hall–Kier alpha value is -3.48. The summed E-state index contributed by atoms with van der Waals surface area (Å²) in [6.45, 7) is 2.25. The average Bonchev–Trinajstić information content (AvgIpc) is 3.45. The fourth-order valence-corrected chi connectivity index (χ4v) is 4.73. The lowest BCUT2D eigenvalue weighted by molar-refractivity contribution is -0.141. The summed E-state index contributed by atoms with van der Waals surface area (Å²) in [4.78, 5) is 54.1. The molecule has 1 heterocycles. The third-order valence-electron chi connectivity index (χ3n) is 6.72. The molecule has 2 aromatic carbocycles. The van der Waals surface area contributed by atoms with E-state index in [2.05, 4.69) is 5.32 Å². The maximum Gasteiger partial charge on any atom is 0.261 e. The van der Waals surface area contributed by atoms with E-state index >= 15 is 0 Å². The van der Waals surface area contributed by atoms with Crippen LogP contribution in [0.5, 0.6) is 0 Å². The summed E-state index contributed by atoms with van der Waals surface area (Å²) in [5.41, 5.74) is 1.75. The number of amides is 4. The lowest BCUT2D eigenvalue weighted by Gasteiger charge is -2.30. The highest BCUT2D eigenvalue weighted by Gasteiger charge is 2.35. The van der Waals surface area contributed by atoms with Crippen LogP contribution in [0, 0.1) is 0 Å². The fourth-order valence-electron chi connectivity index (χ4n) is 4.73. The first-order chi connectivity index (χ1) is 16.5. The lowest BCUT2D eigenvalue weighted by atomic mass is 10.1. The van der Waals surface area contributed by atoms with Crippen molar-refractivity contribution in [3.63, 3.8) is 0 Å². The Kier molecular flexibility index (Phi) is 7.40. The van der Waals surface area contributed by atoms with Crippen molar-refractivity contribution in [3.05, 3.63) is 71.3 Å². The number of hydrogen-bond acceptors (Lipinski definition) is 4. The first-order valence-electron chi connectivity index (χ1n) is 12.0. The summed E-state index contributed by atoms with van der Waals surface area (Å²) in [5, 5.41) is 3.09. The second-order valence-electron chi connectivity index (χ2n) is 9.08. The summed E-state index contributed by atoms with van der Waals surface area (Å²) in [6.07, 6.45) is 4.66. The summed E-state index contributed by atoms with van der Waals surface area (Å²) in [7, 11) is 0. The molecule has 1 fully saturated rings. The van der Waals surface area contributed by atoms with Gasteiger partial charge in [0.1, 0.15) is 6.04 Å². The third-order valence-corrected chi connectivity index (χ3v) is 6.72. The highest BCUT2D eigenvalue weighted by atomic mass is 16.2. The van der Waals surface area contributed by atoms with Crippen LogP contribution in [0.2, 0.25) is 0 Å². The second kappa shape index (κ2) is 10.6. The average molecular weight is 462 g/mol. The van der Waals surface area contributed by atoms with Crippen molar-refractivity contribution in [1.29, 1.82) is 0 Å². The largest absolute Gasteiger partial charge is 0.352 e. The van der Waals surface area contributed by atoms with Crippen LogP contribution >= 0.6 is 0 Å². The van der Waals surface area contributed by atoms with Crippen LogP contribution in [-0.4, -0.2) is 52.1 Å². The van der Waals surface area contributed by atoms with Gasteiger partial charge in [-0.2, -0.15) is 0 Å². The number of imide groups is 1. The molecule has 0 aromatic heterocycles. The molecule has 0 unspecified atom stereocenters. The molecule has 2 aliphatic rings. The zero-order chi connectivity index (χ0) is 24.1. The number of fused-ring (bicyclic) bond motifs is 1. The van der Waals surface area contributed by atoms with Crippen LogP contribution in [-0.2, 0) is 16.1 Å². The zero-order valence-electron chi connectivity index (χ0n) is 19.5. The minimum atomic E-state index is -0.618. The summed E-state index contributed by atoms with van der Waals surface area (Å²) in [5.74, 6) is -0.955. The molecule has 1 aliphatic heterocycles. The number of nitrogens with one attached hydrogen (secondary N) is 1. The predicted octanol–water partition coefficient (Wildman–Crippen LogP) is 3.54. The van der Waals surface area contributed by atoms with E-state index in [9.17, 15) is 19.2 Å².